The molecule has 5 nitrogen and oxygen atoms in total. The molecule has 21 heavy (non-hydrogen) atoms. The van der Waals surface area contributed by atoms with E-state index in [0.29, 0.717) is 25.7 Å². The monoisotopic (exact) mass is 291 g/mol. The molecule has 0 aromatic heterocycles. The second kappa shape index (κ2) is 8.77. The molecular formula is C16H25N3O2. The molecule has 1 aromatic carbocycles. The minimum atomic E-state index is 0.0357. The summed E-state index contributed by atoms with van der Waals surface area (Å²) in [7, 11) is 1.63. The van der Waals surface area contributed by atoms with Crippen LogP contribution < -0.4 is 10.6 Å². The lowest BCUT2D eigenvalue weighted by atomic mass is 10.2. The van der Waals surface area contributed by atoms with E-state index < -0.39 is 0 Å². The lowest BCUT2D eigenvalue weighted by Gasteiger charge is -2.16. The van der Waals surface area contributed by atoms with Crippen molar-refractivity contribution in [1.29, 1.82) is 0 Å². The quantitative estimate of drug-likeness (QED) is 0.689. The van der Waals surface area contributed by atoms with Gasteiger partial charge in [-0.2, -0.15) is 0 Å². The Hall–Kier alpha value is -1.43. The van der Waals surface area contributed by atoms with Gasteiger partial charge in [0.05, 0.1) is 13.2 Å². The summed E-state index contributed by atoms with van der Waals surface area (Å²) in [5, 5.41) is 6.15. The van der Waals surface area contributed by atoms with Crippen LogP contribution in [-0.2, 0) is 16.1 Å². The Morgan fingerprint density at radius 3 is 2.95 bits per heavy atom. The first-order valence-electron chi connectivity index (χ1n) is 7.53. The molecule has 5 heteroatoms. The Balaban J connectivity index is 1.63. The zero-order chi connectivity index (χ0) is 14.9. The first-order valence-corrected chi connectivity index (χ1v) is 7.53. The van der Waals surface area contributed by atoms with E-state index in [-0.39, 0.29) is 5.91 Å². The third kappa shape index (κ3) is 5.83. The van der Waals surface area contributed by atoms with Gasteiger partial charge in [0.25, 0.3) is 0 Å². The third-order valence-corrected chi connectivity index (χ3v) is 3.70. The molecule has 1 heterocycles. The van der Waals surface area contributed by atoms with Gasteiger partial charge in [-0.3, -0.25) is 9.69 Å². The van der Waals surface area contributed by atoms with Gasteiger partial charge >= 0.3 is 0 Å². The number of hydrogen-bond acceptors (Lipinski definition) is 4. The Morgan fingerprint density at radius 2 is 2.19 bits per heavy atom. The molecular weight excluding hydrogens is 266 g/mol. The van der Waals surface area contributed by atoms with E-state index in [0.717, 1.165) is 26.1 Å². The Bertz CT molecular complexity index is 425. The molecule has 0 saturated carbocycles. The maximum atomic E-state index is 11.6. The van der Waals surface area contributed by atoms with Gasteiger partial charge in [0.1, 0.15) is 0 Å². The number of rotatable bonds is 8. The zero-order valence-corrected chi connectivity index (χ0v) is 12.7. The molecule has 0 bridgehead atoms. The predicted octanol–water partition coefficient (Wildman–Crippen LogP) is 0.613. The number of benzene rings is 1. The van der Waals surface area contributed by atoms with Crippen molar-refractivity contribution in [2.24, 2.45) is 0 Å². The van der Waals surface area contributed by atoms with E-state index >= 15 is 0 Å². The van der Waals surface area contributed by atoms with Gasteiger partial charge in [-0.25, -0.2) is 0 Å². The number of methoxy groups -OCH3 is 1. The van der Waals surface area contributed by atoms with Gasteiger partial charge in [0.15, 0.2) is 0 Å². The van der Waals surface area contributed by atoms with E-state index in [2.05, 4.69) is 39.8 Å². The molecule has 1 unspecified atom stereocenters. The van der Waals surface area contributed by atoms with Crippen molar-refractivity contribution in [3.63, 3.8) is 0 Å². The molecule has 1 fully saturated rings. The SMILES string of the molecule is COCCNC(=O)CNC1CCN(Cc2ccccc2)C1. The molecule has 1 aliphatic heterocycles. The molecule has 0 aliphatic carbocycles. The number of hydrogen-bond donors (Lipinski definition) is 2. The standard InChI is InChI=1S/C16H25N3O2/c1-21-10-8-17-16(20)11-18-15-7-9-19(13-15)12-14-5-3-2-4-6-14/h2-6,15,18H,7-13H2,1H3,(H,17,20). The molecule has 1 amide bonds. The van der Waals surface area contributed by atoms with Gasteiger partial charge in [0.2, 0.25) is 5.91 Å². The number of carbonyl (C=O) groups is 1. The summed E-state index contributed by atoms with van der Waals surface area (Å²) in [5.41, 5.74) is 1.34. The van der Waals surface area contributed by atoms with Crippen molar-refractivity contribution >= 4 is 5.91 Å². The zero-order valence-electron chi connectivity index (χ0n) is 12.7. The fraction of sp³-hybridized carbons (Fsp3) is 0.562. The summed E-state index contributed by atoms with van der Waals surface area (Å²) in [6.07, 6.45) is 1.10. The normalized spacial score (nSPS) is 18.8. The van der Waals surface area contributed by atoms with Crippen molar-refractivity contribution in [3.8, 4) is 0 Å². The van der Waals surface area contributed by atoms with E-state index in [1.165, 1.54) is 5.56 Å². The average Bonchev–Trinajstić information content (AvgIpc) is 2.94. The number of nitrogens with zero attached hydrogens (tertiary/aromatic N) is 1. The molecule has 1 aliphatic rings. The van der Waals surface area contributed by atoms with Crippen LogP contribution in [-0.4, -0.2) is 56.7 Å². The van der Waals surface area contributed by atoms with Crippen LogP contribution in [0.2, 0.25) is 0 Å². The van der Waals surface area contributed by atoms with Crippen molar-refractivity contribution in [1.82, 2.24) is 15.5 Å². The van der Waals surface area contributed by atoms with Crippen LogP contribution in [0.25, 0.3) is 0 Å². The number of carbonyl (C=O) groups excluding carboxylic acids is 1. The van der Waals surface area contributed by atoms with E-state index in [9.17, 15) is 4.79 Å². The van der Waals surface area contributed by atoms with Crippen molar-refractivity contribution < 1.29 is 9.53 Å². The maximum absolute atomic E-state index is 11.6. The van der Waals surface area contributed by atoms with Crippen molar-refractivity contribution in [3.05, 3.63) is 35.9 Å². The van der Waals surface area contributed by atoms with E-state index in [1.54, 1.807) is 7.11 Å². The van der Waals surface area contributed by atoms with Crippen LogP contribution in [0.5, 0.6) is 0 Å². The lowest BCUT2D eigenvalue weighted by Crippen LogP contribution is -2.41. The molecule has 0 radical (unpaired) electrons. The first-order chi connectivity index (χ1) is 10.3. The third-order valence-electron chi connectivity index (χ3n) is 3.70. The maximum Gasteiger partial charge on any atom is 0.234 e. The highest BCUT2D eigenvalue weighted by atomic mass is 16.5. The molecule has 1 aromatic rings. The molecule has 0 spiro atoms. The highest BCUT2D eigenvalue weighted by Gasteiger charge is 2.22. The summed E-state index contributed by atoms with van der Waals surface area (Å²) in [5.74, 6) is 0.0357. The van der Waals surface area contributed by atoms with Crippen LogP contribution >= 0.6 is 0 Å². The summed E-state index contributed by atoms with van der Waals surface area (Å²) >= 11 is 0. The highest BCUT2D eigenvalue weighted by molar-refractivity contribution is 5.77. The fourth-order valence-corrected chi connectivity index (χ4v) is 2.58. The highest BCUT2D eigenvalue weighted by Crippen LogP contribution is 2.13. The Morgan fingerprint density at radius 1 is 1.38 bits per heavy atom. The smallest absolute Gasteiger partial charge is 0.234 e. The van der Waals surface area contributed by atoms with Gasteiger partial charge in [0, 0.05) is 39.3 Å². The van der Waals surface area contributed by atoms with Gasteiger partial charge in [-0.05, 0) is 12.0 Å². The fourth-order valence-electron chi connectivity index (χ4n) is 2.58. The summed E-state index contributed by atoms with van der Waals surface area (Å²) in [6, 6.07) is 10.9. The van der Waals surface area contributed by atoms with Crippen LogP contribution in [0, 0.1) is 0 Å². The van der Waals surface area contributed by atoms with Gasteiger partial charge in [-0.15, -0.1) is 0 Å². The summed E-state index contributed by atoms with van der Waals surface area (Å²) < 4.78 is 4.90. The van der Waals surface area contributed by atoms with Gasteiger partial charge in [-0.1, -0.05) is 30.3 Å². The second-order valence-electron chi connectivity index (χ2n) is 5.43. The molecule has 1 saturated heterocycles. The van der Waals surface area contributed by atoms with E-state index in [1.807, 2.05) is 6.07 Å². The van der Waals surface area contributed by atoms with Crippen LogP contribution in [0.1, 0.15) is 12.0 Å². The molecule has 2 rings (SSSR count). The largest absolute Gasteiger partial charge is 0.383 e. The lowest BCUT2D eigenvalue weighted by molar-refractivity contribution is -0.120. The topological polar surface area (TPSA) is 53.6 Å². The Labute approximate surface area is 126 Å². The number of nitrogens with one attached hydrogen (secondary N) is 2. The average molecular weight is 291 g/mol. The van der Waals surface area contributed by atoms with Crippen molar-refractivity contribution in [2.45, 2.75) is 19.0 Å². The number of ether oxygens (including phenoxy) is 1. The number of amides is 1. The van der Waals surface area contributed by atoms with Crippen LogP contribution in [0.4, 0.5) is 0 Å². The van der Waals surface area contributed by atoms with Crippen molar-refractivity contribution in [2.75, 3.05) is 39.9 Å². The minimum Gasteiger partial charge on any atom is -0.383 e. The van der Waals surface area contributed by atoms with Gasteiger partial charge < -0.3 is 15.4 Å². The first kappa shape index (κ1) is 15.9. The molecule has 2 N–H and O–H groups in total. The summed E-state index contributed by atoms with van der Waals surface area (Å²) in [4.78, 5) is 14.0. The second-order valence-corrected chi connectivity index (χ2v) is 5.43. The van der Waals surface area contributed by atoms with Crippen LogP contribution in [0.15, 0.2) is 30.3 Å². The minimum absolute atomic E-state index is 0.0357. The predicted molar refractivity (Wildman–Crippen MR) is 83.0 cm³/mol. The molecule has 1 atom stereocenters. The Kier molecular flexibility index (Phi) is 6.66. The molecule has 116 valence electrons. The van der Waals surface area contributed by atoms with E-state index in [4.69, 9.17) is 4.74 Å². The van der Waals surface area contributed by atoms with Crippen LogP contribution in [0.3, 0.4) is 0 Å². The number of likely N-dealkylation sites (tertiary alicyclic amines) is 1. The summed E-state index contributed by atoms with van der Waals surface area (Å²) in [6.45, 7) is 4.58.